The lowest BCUT2D eigenvalue weighted by molar-refractivity contribution is 0.801. The Balaban J connectivity index is 1.69. The lowest BCUT2D eigenvalue weighted by Gasteiger charge is -1.94. The van der Waals surface area contributed by atoms with Gasteiger partial charge in [0.25, 0.3) is 0 Å². The zero-order valence-corrected chi connectivity index (χ0v) is 18.5. The van der Waals surface area contributed by atoms with Crippen molar-refractivity contribution >= 4 is 94.3 Å². The molecule has 5 rings (SSSR count). The molecule has 0 aliphatic rings. The molecule has 5 heterocycles. The van der Waals surface area contributed by atoms with E-state index in [2.05, 4.69) is 47.3 Å². The van der Waals surface area contributed by atoms with Crippen LogP contribution in [0, 0.1) is 0 Å². The molecule has 0 unspecified atom stereocenters. The van der Waals surface area contributed by atoms with Gasteiger partial charge in [0.15, 0.2) is 0 Å². The van der Waals surface area contributed by atoms with E-state index in [1.807, 2.05) is 34.0 Å². The van der Waals surface area contributed by atoms with Crippen molar-refractivity contribution in [3.63, 3.8) is 0 Å². The maximum atomic E-state index is 2.41. The Morgan fingerprint density at radius 3 is 1.40 bits per heavy atom. The van der Waals surface area contributed by atoms with Gasteiger partial charge in [-0.3, -0.25) is 0 Å². The van der Waals surface area contributed by atoms with Crippen LogP contribution >= 0.6 is 56.7 Å². The average molecular weight is 421 g/mol. The summed E-state index contributed by atoms with van der Waals surface area (Å²) in [5.41, 5.74) is 3.18. The molecule has 5 aromatic heterocycles. The Morgan fingerprint density at radius 1 is 0.560 bits per heavy atom. The third-order valence-electron chi connectivity index (χ3n) is 4.88. The Hall–Kier alpha value is -0.460. The van der Waals surface area contributed by atoms with Crippen LogP contribution in [0.2, 0.25) is 0 Å². The minimum atomic E-state index is 1.24. The first kappa shape index (κ1) is 16.7. The number of hydrogen-bond donors (Lipinski definition) is 0. The maximum absolute atomic E-state index is 2.41. The molecule has 0 spiro atoms. The summed E-state index contributed by atoms with van der Waals surface area (Å²) < 4.78 is 12.5. The van der Waals surface area contributed by atoms with Gasteiger partial charge in [-0.25, -0.2) is 0 Å². The molecule has 0 aliphatic carbocycles. The van der Waals surface area contributed by atoms with Crippen LogP contribution in [0.1, 0.15) is 50.7 Å². The zero-order chi connectivity index (χ0) is 17.0. The van der Waals surface area contributed by atoms with E-state index in [4.69, 9.17) is 0 Å². The SMILES string of the molecule is CCCCc1csc2c1sc1c2sc2c3scc(CCCC)c3sc21. The van der Waals surface area contributed by atoms with E-state index in [0.717, 1.165) is 0 Å². The largest absolute Gasteiger partial charge is 0.141 e. The zero-order valence-electron chi connectivity index (χ0n) is 14.4. The molecule has 0 aromatic carbocycles. The number of thiophene rings is 5. The first-order valence-corrected chi connectivity index (χ1v) is 13.3. The van der Waals surface area contributed by atoms with E-state index < -0.39 is 0 Å². The van der Waals surface area contributed by atoms with Crippen molar-refractivity contribution in [3.05, 3.63) is 21.9 Å². The molecule has 0 atom stereocenters. The molecule has 0 radical (unpaired) electrons. The van der Waals surface area contributed by atoms with E-state index in [-0.39, 0.29) is 0 Å². The van der Waals surface area contributed by atoms with Gasteiger partial charge in [0.05, 0.1) is 37.6 Å². The number of hydrogen-bond acceptors (Lipinski definition) is 5. The van der Waals surface area contributed by atoms with Crippen molar-refractivity contribution in [2.75, 3.05) is 0 Å². The second-order valence-electron chi connectivity index (χ2n) is 6.67. The topological polar surface area (TPSA) is 0 Å². The molecule has 5 heteroatoms. The second-order valence-corrected chi connectivity index (χ2v) is 11.5. The van der Waals surface area contributed by atoms with E-state index in [1.165, 1.54) is 38.5 Å². The molecule has 0 nitrogen and oxygen atoms in total. The molecule has 130 valence electrons. The molecule has 25 heavy (non-hydrogen) atoms. The molecule has 0 saturated heterocycles. The van der Waals surface area contributed by atoms with E-state index in [0.29, 0.717) is 0 Å². The van der Waals surface area contributed by atoms with Gasteiger partial charge < -0.3 is 0 Å². The fourth-order valence-electron chi connectivity index (χ4n) is 3.47. The van der Waals surface area contributed by atoms with Gasteiger partial charge in [-0.2, -0.15) is 0 Å². The molecule has 5 aromatic rings. The summed E-state index contributed by atoms with van der Waals surface area (Å²) in [6, 6.07) is 0. The van der Waals surface area contributed by atoms with E-state index >= 15 is 0 Å². The van der Waals surface area contributed by atoms with Crippen LogP contribution in [-0.4, -0.2) is 0 Å². The number of unbranched alkanes of at least 4 members (excludes halogenated alkanes) is 2. The van der Waals surface area contributed by atoms with Crippen LogP contribution in [0.4, 0.5) is 0 Å². The highest BCUT2D eigenvalue weighted by atomic mass is 32.1. The van der Waals surface area contributed by atoms with Crippen molar-refractivity contribution in [1.29, 1.82) is 0 Å². The van der Waals surface area contributed by atoms with Gasteiger partial charge in [0, 0.05) is 0 Å². The summed E-state index contributed by atoms with van der Waals surface area (Å²) in [5, 5.41) is 4.82. The van der Waals surface area contributed by atoms with Crippen LogP contribution in [0.25, 0.3) is 37.6 Å². The predicted octanol–water partition coefficient (Wildman–Crippen LogP) is 9.29. The lowest BCUT2D eigenvalue weighted by atomic mass is 10.1. The van der Waals surface area contributed by atoms with Crippen molar-refractivity contribution in [2.45, 2.75) is 52.4 Å². The molecule has 0 fully saturated rings. The predicted molar refractivity (Wildman–Crippen MR) is 123 cm³/mol. The van der Waals surface area contributed by atoms with Gasteiger partial charge in [-0.05, 0) is 47.6 Å². The van der Waals surface area contributed by atoms with Gasteiger partial charge in [0.2, 0.25) is 0 Å². The summed E-state index contributed by atoms with van der Waals surface area (Å²) in [6.45, 7) is 4.57. The van der Waals surface area contributed by atoms with Crippen molar-refractivity contribution in [1.82, 2.24) is 0 Å². The number of fused-ring (bicyclic) bond motifs is 7. The highest BCUT2D eigenvalue weighted by Crippen LogP contribution is 2.53. The van der Waals surface area contributed by atoms with Crippen LogP contribution in [0.5, 0.6) is 0 Å². The minimum Gasteiger partial charge on any atom is -0.141 e. The Kier molecular flexibility index (Phi) is 4.41. The molecular formula is C20H20S5. The van der Waals surface area contributed by atoms with Gasteiger partial charge in [-0.1, -0.05) is 26.7 Å². The summed E-state index contributed by atoms with van der Waals surface area (Å²) in [6.07, 6.45) is 7.67. The smallest absolute Gasteiger partial charge is 0.0651 e. The summed E-state index contributed by atoms with van der Waals surface area (Å²) >= 11 is 10.1. The van der Waals surface area contributed by atoms with Crippen LogP contribution in [0.15, 0.2) is 10.8 Å². The first-order chi connectivity index (χ1) is 12.3. The van der Waals surface area contributed by atoms with Crippen molar-refractivity contribution < 1.29 is 0 Å². The molecular weight excluding hydrogens is 401 g/mol. The maximum Gasteiger partial charge on any atom is 0.0651 e. The monoisotopic (exact) mass is 420 g/mol. The Morgan fingerprint density at radius 2 is 0.960 bits per heavy atom. The normalized spacial score (nSPS) is 12.6. The highest BCUT2D eigenvalue weighted by molar-refractivity contribution is 7.47. The molecule has 0 amide bonds. The van der Waals surface area contributed by atoms with Gasteiger partial charge in [-0.15, -0.1) is 56.7 Å². The lowest BCUT2D eigenvalue weighted by Crippen LogP contribution is -1.79. The molecule has 0 N–H and O–H groups in total. The van der Waals surface area contributed by atoms with Gasteiger partial charge >= 0.3 is 0 Å². The van der Waals surface area contributed by atoms with Crippen LogP contribution in [-0.2, 0) is 12.8 Å². The standard InChI is InChI=1S/C20H20S5/c1-3-5-7-11-9-21-15-13(11)23-19-17(15)25-18-16-14(24-20(18)19)12(10-22-16)8-6-4-2/h9-10H,3-8H2,1-2H3. The van der Waals surface area contributed by atoms with E-state index in [9.17, 15) is 0 Å². The van der Waals surface area contributed by atoms with E-state index in [1.54, 1.807) is 48.7 Å². The van der Waals surface area contributed by atoms with Crippen LogP contribution < -0.4 is 0 Å². The Labute approximate surface area is 167 Å². The summed E-state index contributed by atoms with van der Waals surface area (Å²) in [4.78, 5) is 0. The molecule has 0 bridgehead atoms. The number of rotatable bonds is 6. The first-order valence-electron chi connectivity index (χ1n) is 9.05. The summed E-state index contributed by atoms with van der Waals surface area (Å²) in [7, 11) is 0. The van der Waals surface area contributed by atoms with Gasteiger partial charge in [0.1, 0.15) is 0 Å². The molecule has 0 saturated carbocycles. The van der Waals surface area contributed by atoms with Crippen molar-refractivity contribution in [2.24, 2.45) is 0 Å². The van der Waals surface area contributed by atoms with Crippen LogP contribution in [0.3, 0.4) is 0 Å². The molecule has 0 aliphatic heterocycles. The third kappa shape index (κ3) is 2.54. The quantitative estimate of drug-likeness (QED) is 0.257. The highest BCUT2D eigenvalue weighted by Gasteiger charge is 2.21. The summed E-state index contributed by atoms with van der Waals surface area (Å²) in [5.74, 6) is 0. The fraction of sp³-hybridized carbons (Fsp3) is 0.400. The Bertz CT molecular complexity index is 1080. The second kappa shape index (κ2) is 6.61. The minimum absolute atomic E-state index is 1.24. The third-order valence-corrected chi connectivity index (χ3v) is 11.7. The fourth-order valence-corrected chi connectivity index (χ4v) is 10.9. The van der Waals surface area contributed by atoms with Crippen molar-refractivity contribution in [3.8, 4) is 0 Å². The number of aryl methyl sites for hydroxylation is 2. The average Bonchev–Trinajstić information content (AvgIpc) is 3.36.